The summed E-state index contributed by atoms with van der Waals surface area (Å²) in [7, 11) is 0. The third-order valence-corrected chi connectivity index (χ3v) is 3.20. The zero-order chi connectivity index (χ0) is 13.1. The van der Waals surface area contributed by atoms with Gasteiger partial charge in [0.15, 0.2) is 0 Å². The van der Waals surface area contributed by atoms with Crippen LogP contribution in [-0.4, -0.2) is 51.6 Å². The molecule has 0 saturated carbocycles. The molecule has 1 atom stereocenters. The Hall–Kier alpha value is -0.590. The number of thioether (sulfide) groups is 1. The number of carbonyl (C=O) groups excluding carboxylic acids is 2. The van der Waals surface area contributed by atoms with Gasteiger partial charge in [0.1, 0.15) is 0 Å². The molecule has 0 aromatic carbocycles. The molecule has 0 aromatic heterocycles. The number of hydrogen-bond donors (Lipinski definition) is 2. The highest BCUT2D eigenvalue weighted by molar-refractivity contribution is 8.13. The summed E-state index contributed by atoms with van der Waals surface area (Å²) < 4.78 is 0. The van der Waals surface area contributed by atoms with E-state index < -0.39 is 6.10 Å². The maximum atomic E-state index is 11.5. The van der Waals surface area contributed by atoms with Crippen LogP contribution in [0.4, 0.5) is 4.79 Å². The van der Waals surface area contributed by atoms with Crippen molar-refractivity contribution in [3.63, 3.8) is 0 Å². The Morgan fingerprint density at radius 1 is 1.47 bits per heavy atom. The van der Waals surface area contributed by atoms with E-state index in [0.717, 1.165) is 16.7 Å². The highest BCUT2D eigenvalue weighted by atomic mass is 32.2. The lowest BCUT2D eigenvalue weighted by molar-refractivity contribution is -0.128. The van der Waals surface area contributed by atoms with Gasteiger partial charge in [0, 0.05) is 24.3 Å². The number of aliphatic hydroxyl groups excluding tert-OH is 1. The predicted octanol–water partition coefficient (Wildman–Crippen LogP) is 0.821. The number of carbonyl (C=O) groups is 2. The van der Waals surface area contributed by atoms with Crippen LogP contribution in [0.5, 0.6) is 0 Å². The van der Waals surface area contributed by atoms with E-state index in [1.54, 1.807) is 0 Å². The lowest BCUT2D eigenvalue weighted by Crippen LogP contribution is -2.48. The lowest BCUT2D eigenvalue weighted by Gasteiger charge is -2.28. The quantitative estimate of drug-likeness (QED) is 0.783. The number of amides is 2. The van der Waals surface area contributed by atoms with Crippen molar-refractivity contribution >= 4 is 22.9 Å². The van der Waals surface area contributed by atoms with Gasteiger partial charge in [-0.3, -0.25) is 14.5 Å². The van der Waals surface area contributed by atoms with Crippen molar-refractivity contribution in [2.24, 2.45) is 0 Å². The van der Waals surface area contributed by atoms with Crippen molar-refractivity contribution in [1.82, 2.24) is 10.2 Å². The minimum Gasteiger partial charge on any atom is -0.390 e. The molecule has 1 fully saturated rings. The molecule has 0 bridgehead atoms. The maximum absolute atomic E-state index is 11.5. The van der Waals surface area contributed by atoms with Crippen LogP contribution in [0.1, 0.15) is 27.2 Å². The van der Waals surface area contributed by atoms with Gasteiger partial charge >= 0.3 is 0 Å². The number of rotatable bonds is 4. The van der Waals surface area contributed by atoms with Crippen LogP contribution in [0.15, 0.2) is 0 Å². The van der Waals surface area contributed by atoms with Crippen molar-refractivity contribution < 1.29 is 14.7 Å². The van der Waals surface area contributed by atoms with Crippen LogP contribution in [0.3, 0.4) is 0 Å². The van der Waals surface area contributed by atoms with Crippen LogP contribution < -0.4 is 5.32 Å². The molecule has 1 aliphatic rings. The second-order valence-electron chi connectivity index (χ2n) is 5.15. The summed E-state index contributed by atoms with van der Waals surface area (Å²) in [4.78, 5) is 24.1. The average molecular weight is 260 g/mol. The normalized spacial score (nSPS) is 19.6. The third-order valence-electron chi connectivity index (χ3n) is 2.32. The standard InChI is InChI=1S/C11H20N2O3S/c1-11(2,3)12-6-8(14)7-13-9(15)4-5-17-10(13)16/h8,12,14H,4-7H2,1-3H3. The van der Waals surface area contributed by atoms with Crippen molar-refractivity contribution in [3.8, 4) is 0 Å². The smallest absolute Gasteiger partial charge is 0.288 e. The number of imide groups is 1. The van der Waals surface area contributed by atoms with Crippen LogP contribution in [-0.2, 0) is 4.79 Å². The molecule has 0 aliphatic carbocycles. The molecule has 1 saturated heterocycles. The fourth-order valence-corrected chi connectivity index (χ4v) is 2.20. The van der Waals surface area contributed by atoms with Crippen molar-refractivity contribution in [1.29, 1.82) is 0 Å². The molecule has 98 valence electrons. The molecule has 0 aromatic rings. The van der Waals surface area contributed by atoms with E-state index in [2.05, 4.69) is 5.32 Å². The Balaban J connectivity index is 2.41. The van der Waals surface area contributed by atoms with Gasteiger partial charge in [-0.05, 0) is 20.8 Å². The predicted molar refractivity (Wildman–Crippen MR) is 67.9 cm³/mol. The Kier molecular flexibility index (Phi) is 4.97. The number of hydrogen-bond acceptors (Lipinski definition) is 5. The number of nitrogens with one attached hydrogen (secondary N) is 1. The second kappa shape index (κ2) is 5.84. The summed E-state index contributed by atoms with van der Waals surface area (Å²) in [5.41, 5.74) is -0.0916. The topological polar surface area (TPSA) is 69.6 Å². The summed E-state index contributed by atoms with van der Waals surface area (Å²) in [5, 5.41) is 12.7. The summed E-state index contributed by atoms with van der Waals surface area (Å²) in [6.07, 6.45) is -0.351. The van der Waals surface area contributed by atoms with Crippen LogP contribution >= 0.6 is 11.8 Å². The Morgan fingerprint density at radius 3 is 2.65 bits per heavy atom. The van der Waals surface area contributed by atoms with Crippen LogP contribution in [0.2, 0.25) is 0 Å². The molecule has 1 heterocycles. The molecule has 0 spiro atoms. The van der Waals surface area contributed by atoms with Gasteiger partial charge in [-0.2, -0.15) is 0 Å². The SMILES string of the molecule is CC(C)(C)NCC(O)CN1C(=O)CCSC1=O. The Labute approximate surface area is 106 Å². The highest BCUT2D eigenvalue weighted by Gasteiger charge is 2.28. The zero-order valence-electron chi connectivity index (χ0n) is 10.5. The molecule has 6 heteroatoms. The van der Waals surface area contributed by atoms with Crippen molar-refractivity contribution in [2.45, 2.75) is 38.8 Å². The molecule has 2 amide bonds. The molecule has 2 N–H and O–H groups in total. The van der Waals surface area contributed by atoms with Crippen LogP contribution in [0, 0.1) is 0 Å². The van der Waals surface area contributed by atoms with Gasteiger partial charge in [-0.15, -0.1) is 0 Å². The van der Waals surface area contributed by atoms with Gasteiger partial charge in [-0.25, -0.2) is 0 Å². The Morgan fingerprint density at radius 2 is 2.12 bits per heavy atom. The van der Waals surface area contributed by atoms with Crippen LogP contribution in [0.25, 0.3) is 0 Å². The first-order valence-electron chi connectivity index (χ1n) is 5.70. The average Bonchev–Trinajstić information content (AvgIpc) is 2.20. The number of β-amino-alcohol motifs (C(OH)–C–C–N with tert-alkyl or cyclic N) is 1. The summed E-state index contributed by atoms with van der Waals surface area (Å²) in [5.74, 6) is 0.355. The molecule has 1 rings (SSSR count). The minimum atomic E-state index is -0.721. The van der Waals surface area contributed by atoms with E-state index in [-0.39, 0.29) is 23.2 Å². The van der Waals surface area contributed by atoms with E-state index in [1.165, 1.54) is 0 Å². The second-order valence-corrected chi connectivity index (χ2v) is 6.20. The first-order chi connectivity index (χ1) is 7.79. The van der Waals surface area contributed by atoms with Gasteiger partial charge in [0.05, 0.1) is 12.6 Å². The molecule has 0 radical (unpaired) electrons. The summed E-state index contributed by atoms with van der Waals surface area (Å²) >= 11 is 1.13. The molecular formula is C11H20N2O3S. The highest BCUT2D eigenvalue weighted by Crippen LogP contribution is 2.18. The molecule has 17 heavy (non-hydrogen) atoms. The minimum absolute atomic E-state index is 0.0771. The number of aliphatic hydroxyl groups is 1. The van der Waals surface area contributed by atoms with E-state index in [4.69, 9.17) is 0 Å². The molecule has 1 aliphatic heterocycles. The van der Waals surface area contributed by atoms with Gasteiger partial charge in [0.2, 0.25) is 5.91 Å². The van der Waals surface area contributed by atoms with Crippen molar-refractivity contribution in [2.75, 3.05) is 18.8 Å². The van der Waals surface area contributed by atoms with E-state index in [9.17, 15) is 14.7 Å². The monoisotopic (exact) mass is 260 g/mol. The number of nitrogens with zero attached hydrogens (tertiary/aromatic N) is 1. The summed E-state index contributed by atoms with van der Waals surface area (Å²) in [6.45, 7) is 6.42. The van der Waals surface area contributed by atoms with Gasteiger partial charge in [-0.1, -0.05) is 11.8 Å². The maximum Gasteiger partial charge on any atom is 0.288 e. The first kappa shape index (κ1) is 14.5. The zero-order valence-corrected chi connectivity index (χ0v) is 11.3. The summed E-state index contributed by atoms with van der Waals surface area (Å²) in [6, 6.07) is 0. The van der Waals surface area contributed by atoms with Gasteiger partial charge < -0.3 is 10.4 Å². The van der Waals surface area contributed by atoms with Crippen molar-refractivity contribution in [3.05, 3.63) is 0 Å². The largest absolute Gasteiger partial charge is 0.390 e. The third kappa shape index (κ3) is 5.06. The lowest BCUT2D eigenvalue weighted by atomic mass is 10.1. The molecular weight excluding hydrogens is 240 g/mol. The molecule has 5 nitrogen and oxygen atoms in total. The fraction of sp³-hybridized carbons (Fsp3) is 0.818. The van der Waals surface area contributed by atoms with E-state index >= 15 is 0 Å². The van der Waals surface area contributed by atoms with E-state index in [1.807, 2.05) is 20.8 Å². The Bertz CT molecular complexity index is 286. The fourth-order valence-electron chi connectivity index (χ4n) is 1.42. The van der Waals surface area contributed by atoms with E-state index in [0.29, 0.717) is 18.7 Å². The molecule has 1 unspecified atom stereocenters. The van der Waals surface area contributed by atoms with Gasteiger partial charge in [0.25, 0.3) is 5.24 Å². The first-order valence-corrected chi connectivity index (χ1v) is 6.68.